The molecule has 0 fully saturated rings. The molecule has 3 rings (SSSR count). The topological polar surface area (TPSA) is 34.0 Å². The van der Waals surface area contributed by atoms with Gasteiger partial charge in [-0.2, -0.15) is 0 Å². The second-order valence-electron chi connectivity index (χ2n) is 3.92. The van der Waals surface area contributed by atoms with Crippen molar-refractivity contribution in [3.05, 3.63) is 23.8 Å². The van der Waals surface area contributed by atoms with Crippen molar-refractivity contribution in [1.29, 1.82) is 0 Å². The quantitative estimate of drug-likeness (QED) is 0.556. The summed E-state index contributed by atoms with van der Waals surface area (Å²) in [6.45, 7) is 0. The fourth-order valence-corrected chi connectivity index (χ4v) is 2.18. The monoisotopic (exact) mass is 282 g/mol. The average Bonchev–Trinajstić information content (AvgIpc) is 2.63. The van der Waals surface area contributed by atoms with E-state index in [1.165, 1.54) is 31.2 Å². The number of nitrogens with zero attached hydrogens (tertiary/aromatic N) is 2. The number of aryl methyl sites for hydroxylation is 1. The molecule has 1 aromatic rings. The highest BCUT2D eigenvalue weighted by Gasteiger charge is 2.08. The van der Waals surface area contributed by atoms with Gasteiger partial charge >= 0.3 is 0 Å². The molecule has 0 N–H and O–H groups in total. The molecule has 0 saturated heterocycles. The molecule has 0 atom stereocenters. The average molecular weight is 283 g/mol. The molecule has 4 heteroatoms. The summed E-state index contributed by atoms with van der Waals surface area (Å²) in [5.41, 5.74) is 2.11. The van der Waals surface area contributed by atoms with Crippen LogP contribution in [0.1, 0.15) is 31.2 Å². The Morgan fingerprint density at radius 2 is 2.00 bits per heavy atom. The fourth-order valence-electron chi connectivity index (χ4n) is 1.79. The van der Waals surface area contributed by atoms with Gasteiger partial charge in [0, 0.05) is 10.6 Å². The second-order valence-corrected chi connectivity index (χ2v) is 4.71. The first kappa shape index (κ1) is 11.6. The van der Waals surface area contributed by atoms with Crippen LogP contribution in [-0.4, -0.2) is 5.33 Å². The maximum atomic E-state index is 5.18. The van der Waals surface area contributed by atoms with Gasteiger partial charge in [0.2, 0.25) is 0 Å². The van der Waals surface area contributed by atoms with Crippen molar-refractivity contribution in [3.63, 3.8) is 0 Å². The number of hydrogen-bond acceptors (Lipinski definition) is 3. The fraction of sp³-hybridized carbons (Fsp3) is 0.500. The van der Waals surface area contributed by atoms with Gasteiger partial charge in [0.1, 0.15) is 0 Å². The van der Waals surface area contributed by atoms with Crippen LogP contribution in [0.4, 0.5) is 5.69 Å². The summed E-state index contributed by atoms with van der Waals surface area (Å²) in [4.78, 5) is 5.18. The van der Waals surface area contributed by atoms with Crippen LogP contribution in [0.25, 0.3) is 0 Å². The highest BCUT2D eigenvalue weighted by molar-refractivity contribution is 9.09. The standard InChI is InChI=1S/C12H15BrN2O/c13-8-4-2-1-3-5-10-9-11-6-7-12(10)16-15-14-11/h6-7,9H,1-5,8H2. The van der Waals surface area contributed by atoms with E-state index in [1.807, 2.05) is 12.1 Å². The molecule has 2 aliphatic rings. The first-order chi connectivity index (χ1) is 7.90. The van der Waals surface area contributed by atoms with Gasteiger partial charge in [-0.3, -0.25) is 0 Å². The number of rotatable bonds is 6. The van der Waals surface area contributed by atoms with Crippen LogP contribution in [0.3, 0.4) is 0 Å². The molecule has 16 heavy (non-hydrogen) atoms. The van der Waals surface area contributed by atoms with Gasteiger partial charge in [-0.05, 0) is 43.0 Å². The molecule has 0 amide bonds. The highest BCUT2D eigenvalue weighted by atomic mass is 79.9. The second kappa shape index (κ2) is 5.99. The Kier molecular flexibility index (Phi) is 4.34. The van der Waals surface area contributed by atoms with Crippen LogP contribution in [0.5, 0.6) is 5.75 Å². The Morgan fingerprint density at radius 3 is 2.88 bits per heavy atom. The van der Waals surface area contributed by atoms with Crippen molar-refractivity contribution < 1.29 is 4.84 Å². The van der Waals surface area contributed by atoms with Crippen molar-refractivity contribution >= 4 is 21.6 Å². The maximum Gasteiger partial charge on any atom is 0.163 e. The lowest BCUT2D eigenvalue weighted by atomic mass is 10.0. The van der Waals surface area contributed by atoms with Crippen LogP contribution < -0.4 is 4.84 Å². The van der Waals surface area contributed by atoms with E-state index in [2.05, 4.69) is 32.4 Å². The summed E-state index contributed by atoms with van der Waals surface area (Å²) >= 11 is 3.44. The number of alkyl halides is 1. The number of halogens is 1. The normalized spacial score (nSPS) is 12.6. The van der Waals surface area contributed by atoms with Gasteiger partial charge in [-0.1, -0.05) is 28.8 Å². The minimum absolute atomic E-state index is 0.852. The Labute approximate surface area is 104 Å². The zero-order valence-corrected chi connectivity index (χ0v) is 10.7. The SMILES string of the molecule is BrCCCCCCc1cc2ccc1ON=N2. The summed E-state index contributed by atoms with van der Waals surface area (Å²) in [6.07, 6.45) is 6.07. The Hall–Kier alpha value is -0.900. The van der Waals surface area contributed by atoms with Crippen molar-refractivity contribution in [3.8, 4) is 5.75 Å². The van der Waals surface area contributed by atoms with Gasteiger partial charge < -0.3 is 4.84 Å². The zero-order chi connectivity index (χ0) is 11.2. The molecule has 3 nitrogen and oxygen atoms in total. The Morgan fingerprint density at radius 1 is 1.12 bits per heavy atom. The molecular weight excluding hydrogens is 268 g/mol. The van der Waals surface area contributed by atoms with E-state index in [4.69, 9.17) is 4.84 Å². The molecule has 1 aromatic carbocycles. The maximum absolute atomic E-state index is 5.18. The molecule has 0 radical (unpaired) electrons. The molecule has 2 heterocycles. The van der Waals surface area contributed by atoms with Crippen LogP contribution >= 0.6 is 15.9 Å². The molecule has 0 aromatic heterocycles. The Balaban J connectivity index is 1.85. The summed E-state index contributed by atoms with van der Waals surface area (Å²) in [6, 6.07) is 5.94. The number of benzene rings is 1. The van der Waals surface area contributed by atoms with E-state index >= 15 is 0 Å². The summed E-state index contributed by atoms with van der Waals surface area (Å²) < 4.78 is 0. The number of fused-ring (bicyclic) bond motifs is 3. The lowest BCUT2D eigenvalue weighted by molar-refractivity contribution is 0.313. The van der Waals surface area contributed by atoms with E-state index in [9.17, 15) is 0 Å². The lowest BCUT2D eigenvalue weighted by Gasteiger charge is -2.04. The van der Waals surface area contributed by atoms with E-state index in [0.717, 1.165) is 23.2 Å². The predicted octanol–water partition coefficient (Wildman–Crippen LogP) is 4.58. The van der Waals surface area contributed by atoms with E-state index in [-0.39, 0.29) is 0 Å². The highest BCUT2D eigenvalue weighted by Crippen LogP contribution is 2.29. The minimum Gasteiger partial charge on any atom is -0.339 e. The molecule has 0 aliphatic carbocycles. The molecule has 0 spiro atoms. The van der Waals surface area contributed by atoms with Crippen LogP contribution in [0.2, 0.25) is 0 Å². The van der Waals surface area contributed by atoms with Crippen molar-refractivity contribution in [2.24, 2.45) is 10.4 Å². The lowest BCUT2D eigenvalue weighted by Crippen LogP contribution is -1.90. The Bertz CT molecular complexity index is 379. The van der Waals surface area contributed by atoms with E-state index in [1.54, 1.807) is 0 Å². The van der Waals surface area contributed by atoms with Gasteiger partial charge in [0.15, 0.2) is 5.75 Å². The van der Waals surface area contributed by atoms with Crippen molar-refractivity contribution in [2.75, 3.05) is 5.33 Å². The molecule has 0 unspecified atom stereocenters. The molecule has 0 saturated carbocycles. The molecule has 86 valence electrons. The summed E-state index contributed by atoms with van der Waals surface area (Å²) in [7, 11) is 0. The van der Waals surface area contributed by atoms with Crippen LogP contribution in [-0.2, 0) is 6.42 Å². The first-order valence-electron chi connectivity index (χ1n) is 5.67. The molecule has 2 aliphatic heterocycles. The third-order valence-corrected chi connectivity index (χ3v) is 3.23. The third kappa shape index (κ3) is 3.04. The first-order valence-corrected chi connectivity index (χ1v) is 6.79. The molecular formula is C12H15BrN2O. The third-order valence-electron chi connectivity index (χ3n) is 2.67. The number of unbranched alkanes of at least 4 members (excludes halogenated alkanes) is 3. The summed E-state index contributed by atoms with van der Waals surface area (Å²) in [5, 5.41) is 8.66. The zero-order valence-electron chi connectivity index (χ0n) is 9.16. The van der Waals surface area contributed by atoms with Crippen LogP contribution in [0.15, 0.2) is 28.6 Å². The van der Waals surface area contributed by atoms with Gasteiger partial charge in [-0.25, -0.2) is 0 Å². The minimum atomic E-state index is 0.852. The van der Waals surface area contributed by atoms with Crippen LogP contribution in [0, 0.1) is 0 Å². The van der Waals surface area contributed by atoms with Gasteiger partial charge in [0.05, 0.1) is 5.69 Å². The largest absolute Gasteiger partial charge is 0.339 e. The predicted molar refractivity (Wildman–Crippen MR) is 67.6 cm³/mol. The molecule has 2 bridgehead atoms. The number of hydrogen-bond donors (Lipinski definition) is 0. The summed E-state index contributed by atoms with van der Waals surface area (Å²) in [5.74, 6) is 0.852. The van der Waals surface area contributed by atoms with E-state index in [0.29, 0.717) is 0 Å². The smallest absolute Gasteiger partial charge is 0.163 e. The van der Waals surface area contributed by atoms with Gasteiger partial charge in [0.25, 0.3) is 0 Å². The van der Waals surface area contributed by atoms with E-state index < -0.39 is 0 Å². The van der Waals surface area contributed by atoms with Gasteiger partial charge in [-0.15, -0.1) is 5.11 Å². The van der Waals surface area contributed by atoms with Crippen molar-refractivity contribution in [1.82, 2.24) is 0 Å². The van der Waals surface area contributed by atoms with Crippen molar-refractivity contribution in [2.45, 2.75) is 32.1 Å².